The summed E-state index contributed by atoms with van der Waals surface area (Å²) in [6.45, 7) is 10.3. The van der Waals surface area contributed by atoms with Crippen LogP contribution in [0.5, 0.6) is 5.75 Å². The largest absolute Gasteiger partial charge is 0.497 e. The number of methoxy groups -OCH3 is 1. The van der Waals surface area contributed by atoms with Crippen molar-refractivity contribution >= 4 is 41.7 Å². The van der Waals surface area contributed by atoms with E-state index in [0.29, 0.717) is 6.61 Å². The van der Waals surface area contributed by atoms with Crippen LogP contribution < -0.4 is 15.4 Å². The standard InChI is InChI=1S/C19H33N3O2S.HI/c1-6-20-18(22-15-19(2,3)25-5)21-12-7-13-24-14-16-8-10-17(23-4)11-9-16;/h8-11H,6-7,12-15H2,1-5H3,(H2,20,21,22);1H. The number of benzene rings is 1. The lowest BCUT2D eigenvalue weighted by Crippen LogP contribution is -2.39. The Bertz CT molecular complexity index is 510. The lowest BCUT2D eigenvalue weighted by atomic mass is 10.2. The average molecular weight is 495 g/mol. The van der Waals surface area contributed by atoms with E-state index in [1.165, 1.54) is 0 Å². The van der Waals surface area contributed by atoms with Gasteiger partial charge in [0.2, 0.25) is 0 Å². The van der Waals surface area contributed by atoms with Gasteiger partial charge in [-0.1, -0.05) is 12.1 Å². The van der Waals surface area contributed by atoms with E-state index in [0.717, 1.165) is 49.9 Å². The van der Waals surface area contributed by atoms with Gasteiger partial charge in [0.25, 0.3) is 0 Å². The first-order valence-corrected chi connectivity index (χ1v) is 10.0. The summed E-state index contributed by atoms with van der Waals surface area (Å²) in [5.74, 6) is 1.74. The molecule has 150 valence electrons. The number of aliphatic imine (C=N–C) groups is 1. The fourth-order valence-corrected chi connectivity index (χ4v) is 2.16. The number of halogens is 1. The Hall–Kier alpha value is -0.670. The summed E-state index contributed by atoms with van der Waals surface area (Å²) >= 11 is 1.83. The Balaban J connectivity index is 0.00000625. The molecule has 0 aliphatic heterocycles. The maximum atomic E-state index is 5.72. The number of thioether (sulfide) groups is 1. The molecule has 0 amide bonds. The van der Waals surface area contributed by atoms with Crippen LogP contribution in [-0.4, -0.2) is 50.3 Å². The fourth-order valence-electron chi connectivity index (χ4n) is 1.97. The van der Waals surface area contributed by atoms with E-state index in [4.69, 9.17) is 9.47 Å². The molecule has 0 spiro atoms. The molecule has 1 rings (SSSR count). The van der Waals surface area contributed by atoms with Gasteiger partial charge in [-0.2, -0.15) is 11.8 Å². The quantitative estimate of drug-likeness (QED) is 0.211. The first-order valence-electron chi connectivity index (χ1n) is 8.78. The molecule has 0 unspecified atom stereocenters. The van der Waals surface area contributed by atoms with Crippen molar-refractivity contribution in [1.29, 1.82) is 0 Å². The van der Waals surface area contributed by atoms with Crippen molar-refractivity contribution in [2.24, 2.45) is 4.99 Å². The molecule has 0 aliphatic carbocycles. The van der Waals surface area contributed by atoms with Gasteiger partial charge in [0.05, 0.1) is 20.3 Å². The molecule has 0 aromatic heterocycles. The maximum Gasteiger partial charge on any atom is 0.191 e. The zero-order valence-electron chi connectivity index (χ0n) is 16.6. The highest BCUT2D eigenvalue weighted by Gasteiger charge is 2.15. The van der Waals surface area contributed by atoms with Gasteiger partial charge >= 0.3 is 0 Å². The minimum atomic E-state index is 0. The van der Waals surface area contributed by atoms with Gasteiger partial charge in [0, 0.05) is 24.4 Å². The van der Waals surface area contributed by atoms with Crippen molar-refractivity contribution in [1.82, 2.24) is 10.6 Å². The van der Waals surface area contributed by atoms with Gasteiger partial charge in [-0.05, 0) is 51.1 Å². The van der Waals surface area contributed by atoms with Crippen LogP contribution in [0.25, 0.3) is 0 Å². The maximum absolute atomic E-state index is 5.72. The van der Waals surface area contributed by atoms with Crippen LogP contribution in [-0.2, 0) is 11.3 Å². The van der Waals surface area contributed by atoms with Crippen molar-refractivity contribution in [3.63, 3.8) is 0 Å². The van der Waals surface area contributed by atoms with E-state index in [1.54, 1.807) is 7.11 Å². The van der Waals surface area contributed by atoms with Crippen LogP contribution in [0.2, 0.25) is 0 Å². The van der Waals surface area contributed by atoms with Gasteiger partial charge in [-0.15, -0.1) is 24.0 Å². The SMILES string of the molecule is CCNC(=NCC(C)(C)SC)NCCCOCc1ccc(OC)cc1.I. The molecular formula is C19H34IN3O2S. The van der Waals surface area contributed by atoms with E-state index in [9.17, 15) is 0 Å². The molecular weight excluding hydrogens is 461 g/mol. The van der Waals surface area contributed by atoms with Crippen LogP contribution in [0.15, 0.2) is 29.3 Å². The Morgan fingerprint density at radius 2 is 1.88 bits per heavy atom. The van der Waals surface area contributed by atoms with Crippen LogP contribution in [0.1, 0.15) is 32.8 Å². The Morgan fingerprint density at radius 3 is 2.46 bits per heavy atom. The molecule has 0 saturated carbocycles. The van der Waals surface area contributed by atoms with E-state index < -0.39 is 0 Å². The third kappa shape index (κ3) is 11.1. The zero-order valence-corrected chi connectivity index (χ0v) is 19.8. The highest BCUT2D eigenvalue weighted by Crippen LogP contribution is 2.20. The van der Waals surface area contributed by atoms with Gasteiger partial charge in [0.1, 0.15) is 5.75 Å². The predicted molar refractivity (Wildman–Crippen MR) is 124 cm³/mol. The minimum Gasteiger partial charge on any atom is -0.497 e. The number of rotatable bonds is 11. The number of ether oxygens (including phenoxy) is 2. The summed E-state index contributed by atoms with van der Waals surface area (Å²) in [4.78, 5) is 4.66. The molecule has 0 radical (unpaired) electrons. The summed E-state index contributed by atoms with van der Waals surface area (Å²) in [5.41, 5.74) is 1.16. The van der Waals surface area contributed by atoms with Crippen LogP contribution in [0.3, 0.4) is 0 Å². The van der Waals surface area contributed by atoms with Crippen molar-refractivity contribution in [3.8, 4) is 5.75 Å². The van der Waals surface area contributed by atoms with Gasteiger partial charge in [-0.3, -0.25) is 4.99 Å². The van der Waals surface area contributed by atoms with E-state index >= 15 is 0 Å². The molecule has 0 atom stereocenters. The normalized spacial score (nSPS) is 11.7. The van der Waals surface area contributed by atoms with Crippen molar-refractivity contribution < 1.29 is 9.47 Å². The number of nitrogens with one attached hydrogen (secondary N) is 2. The molecule has 0 heterocycles. The summed E-state index contributed by atoms with van der Waals surface area (Å²) < 4.78 is 11.0. The van der Waals surface area contributed by atoms with Gasteiger partial charge in [-0.25, -0.2) is 0 Å². The van der Waals surface area contributed by atoms with Crippen molar-refractivity contribution in [2.75, 3.05) is 39.6 Å². The number of hydrogen-bond donors (Lipinski definition) is 2. The lowest BCUT2D eigenvalue weighted by molar-refractivity contribution is 0.119. The van der Waals surface area contributed by atoms with Crippen molar-refractivity contribution in [3.05, 3.63) is 29.8 Å². The number of hydrogen-bond acceptors (Lipinski definition) is 4. The highest BCUT2D eigenvalue weighted by atomic mass is 127. The number of nitrogens with zero attached hydrogens (tertiary/aromatic N) is 1. The minimum absolute atomic E-state index is 0. The highest BCUT2D eigenvalue weighted by molar-refractivity contribution is 14.0. The second-order valence-electron chi connectivity index (χ2n) is 6.34. The molecule has 26 heavy (non-hydrogen) atoms. The lowest BCUT2D eigenvalue weighted by Gasteiger charge is -2.20. The summed E-state index contributed by atoms with van der Waals surface area (Å²) in [6, 6.07) is 7.96. The summed E-state index contributed by atoms with van der Waals surface area (Å²) in [5, 5.41) is 6.65. The smallest absolute Gasteiger partial charge is 0.191 e. The summed E-state index contributed by atoms with van der Waals surface area (Å²) in [6.07, 6.45) is 3.06. The molecule has 2 N–H and O–H groups in total. The topological polar surface area (TPSA) is 54.9 Å². The van der Waals surface area contributed by atoms with Crippen molar-refractivity contribution in [2.45, 2.75) is 38.5 Å². The molecule has 7 heteroatoms. The zero-order chi connectivity index (χ0) is 18.5. The molecule has 0 bridgehead atoms. The second kappa shape index (κ2) is 14.4. The number of guanidine groups is 1. The fraction of sp³-hybridized carbons (Fsp3) is 0.632. The molecule has 5 nitrogen and oxygen atoms in total. The molecule has 1 aromatic rings. The molecule has 1 aromatic carbocycles. The van der Waals surface area contributed by atoms with E-state index in [2.05, 4.69) is 42.7 Å². The average Bonchev–Trinajstić information content (AvgIpc) is 2.63. The third-order valence-corrected chi connectivity index (χ3v) is 4.93. The Morgan fingerprint density at radius 1 is 1.19 bits per heavy atom. The first kappa shape index (κ1) is 25.3. The van der Waals surface area contributed by atoms with E-state index in [-0.39, 0.29) is 28.7 Å². The second-order valence-corrected chi connectivity index (χ2v) is 7.85. The van der Waals surface area contributed by atoms with Crippen LogP contribution in [0, 0.1) is 0 Å². The Kier molecular flexibility index (Phi) is 14.0. The Labute approximate surface area is 180 Å². The monoisotopic (exact) mass is 495 g/mol. The first-order chi connectivity index (χ1) is 12.0. The molecule has 0 aliphatic rings. The van der Waals surface area contributed by atoms with Crippen LogP contribution in [0.4, 0.5) is 0 Å². The molecule has 0 saturated heterocycles. The van der Waals surface area contributed by atoms with Gasteiger partial charge in [0.15, 0.2) is 5.96 Å². The van der Waals surface area contributed by atoms with E-state index in [1.807, 2.05) is 36.0 Å². The third-order valence-electron chi connectivity index (χ3n) is 3.70. The van der Waals surface area contributed by atoms with Crippen LogP contribution >= 0.6 is 35.7 Å². The molecule has 0 fully saturated rings. The summed E-state index contributed by atoms with van der Waals surface area (Å²) in [7, 11) is 1.67. The predicted octanol–water partition coefficient (Wildman–Crippen LogP) is 3.92. The van der Waals surface area contributed by atoms with Gasteiger partial charge < -0.3 is 20.1 Å².